The number of allylic oxidation sites excluding steroid dienone is 2. The molecule has 1 nitrogen and oxygen atoms in total. The summed E-state index contributed by atoms with van der Waals surface area (Å²) in [6.45, 7) is 4.50. The SMILES string of the molecule is CC1=CC1(C)c1ccccc1C1=[N+]=Cc2c1ccc1ccccc21. The van der Waals surface area contributed by atoms with Gasteiger partial charge in [-0.25, -0.2) is 0 Å². The minimum atomic E-state index is 0.0959. The van der Waals surface area contributed by atoms with Crippen LogP contribution in [0.3, 0.4) is 0 Å². The van der Waals surface area contributed by atoms with Crippen molar-refractivity contribution in [2.75, 3.05) is 0 Å². The Bertz CT molecular complexity index is 1110. The zero-order chi connectivity index (χ0) is 16.3. The highest BCUT2D eigenvalue weighted by Gasteiger charge is 2.42. The number of benzene rings is 3. The largest absolute Gasteiger partial charge is 0.342 e. The third-order valence-electron chi connectivity index (χ3n) is 5.53. The molecule has 24 heavy (non-hydrogen) atoms. The van der Waals surface area contributed by atoms with Crippen LogP contribution in [0.1, 0.15) is 36.1 Å². The zero-order valence-corrected chi connectivity index (χ0v) is 13.9. The first-order valence-electron chi connectivity index (χ1n) is 8.41. The molecule has 3 aromatic carbocycles. The Morgan fingerprint density at radius 3 is 2.42 bits per heavy atom. The summed E-state index contributed by atoms with van der Waals surface area (Å²) in [5, 5.41) is 2.54. The van der Waals surface area contributed by atoms with Gasteiger partial charge in [0.2, 0.25) is 0 Å². The van der Waals surface area contributed by atoms with Gasteiger partial charge in [0.05, 0.1) is 16.7 Å². The lowest BCUT2D eigenvalue weighted by molar-refractivity contribution is 0.832. The molecule has 0 aromatic heterocycles. The van der Waals surface area contributed by atoms with Crippen LogP contribution < -0.4 is 4.67 Å². The highest BCUT2D eigenvalue weighted by Crippen LogP contribution is 2.47. The fraction of sp³-hybridized carbons (Fsp3) is 0.130. The van der Waals surface area contributed by atoms with E-state index in [0.29, 0.717) is 0 Å². The normalized spacial score (nSPS) is 20.8. The Morgan fingerprint density at radius 1 is 0.833 bits per heavy atom. The molecule has 1 aliphatic carbocycles. The summed E-state index contributed by atoms with van der Waals surface area (Å²) in [5.41, 5.74) is 7.72. The van der Waals surface area contributed by atoms with Gasteiger partial charge in [0.25, 0.3) is 0 Å². The molecule has 1 atom stereocenters. The van der Waals surface area contributed by atoms with Crippen LogP contribution in [0.2, 0.25) is 0 Å². The van der Waals surface area contributed by atoms with Crippen LogP contribution in [0.5, 0.6) is 0 Å². The molecule has 1 heterocycles. The van der Waals surface area contributed by atoms with Gasteiger partial charge < -0.3 is 0 Å². The quantitative estimate of drug-likeness (QED) is 0.385. The van der Waals surface area contributed by atoms with Gasteiger partial charge in [-0.2, -0.15) is 0 Å². The van der Waals surface area contributed by atoms with Crippen molar-refractivity contribution < 1.29 is 0 Å². The summed E-state index contributed by atoms with van der Waals surface area (Å²) in [6.07, 6.45) is 4.37. The van der Waals surface area contributed by atoms with Gasteiger partial charge in [-0.1, -0.05) is 64.8 Å². The Labute approximate surface area is 141 Å². The molecule has 114 valence electrons. The molecule has 0 spiro atoms. The van der Waals surface area contributed by atoms with E-state index in [1.165, 1.54) is 38.6 Å². The van der Waals surface area contributed by atoms with Crippen molar-refractivity contribution in [1.82, 2.24) is 4.67 Å². The van der Waals surface area contributed by atoms with Crippen LogP contribution in [-0.4, -0.2) is 11.9 Å². The van der Waals surface area contributed by atoms with Crippen molar-refractivity contribution in [3.8, 4) is 0 Å². The van der Waals surface area contributed by atoms with Crippen molar-refractivity contribution in [3.05, 3.63) is 94.6 Å². The predicted octanol–water partition coefficient (Wildman–Crippen LogP) is 4.39. The summed E-state index contributed by atoms with van der Waals surface area (Å²) >= 11 is 0. The van der Waals surface area contributed by atoms with Crippen molar-refractivity contribution in [2.24, 2.45) is 0 Å². The Hall–Kier alpha value is -2.89. The van der Waals surface area contributed by atoms with E-state index in [0.717, 1.165) is 5.71 Å². The number of hydrogen-bond acceptors (Lipinski definition) is 0. The maximum Gasteiger partial charge on any atom is 0.342 e. The Morgan fingerprint density at radius 2 is 1.58 bits per heavy atom. The van der Waals surface area contributed by atoms with Crippen LogP contribution >= 0.6 is 0 Å². The maximum atomic E-state index is 4.82. The van der Waals surface area contributed by atoms with E-state index >= 15 is 0 Å². The lowest BCUT2D eigenvalue weighted by Crippen LogP contribution is -2.14. The van der Waals surface area contributed by atoms with E-state index in [2.05, 4.69) is 80.6 Å². The van der Waals surface area contributed by atoms with E-state index < -0.39 is 0 Å². The highest BCUT2D eigenvalue weighted by atomic mass is 14.6. The van der Waals surface area contributed by atoms with Crippen LogP contribution in [0, 0.1) is 0 Å². The lowest BCUT2D eigenvalue weighted by Gasteiger charge is -2.14. The van der Waals surface area contributed by atoms with Crippen molar-refractivity contribution in [3.63, 3.8) is 0 Å². The highest BCUT2D eigenvalue weighted by molar-refractivity contribution is 6.24. The summed E-state index contributed by atoms with van der Waals surface area (Å²) in [7, 11) is 0. The van der Waals surface area contributed by atoms with Gasteiger partial charge in [0.1, 0.15) is 0 Å². The molecule has 0 fully saturated rings. The van der Waals surface area contributed by atoms with E-state index in [1.807, 2.05) is 6.21 Å². The molecule has 3 aromatic rings. The molecule has 2 aliphatic rings. The summed E-state index contributed by atoms with van der Waals surface area (Å²) < 4.78 is 4.82. The van der Waals surface area contributed by atoms with Gasteiger partial charge >= 0.3 is 11.9 Å². The number of nitrogens with zero attached hydrogens (tertiary/aromatic N) is 1. The molecule has 0 bridgehead atoms. The standard InChI is InChI=1S/C23H18N/c1-15-13-23(15,2)21-10-6-5-9-19(21)22-18-12-11-16-7-3-4-8-17(16)20(18)14-24-22/h3-14H,1-2H3/q+1. The summed E-state index contributed by atoms with van der Waals surface area (Å²) in [6, 6.07) is 21.6. The molecule has 0 saturated carbocycles. The maximum absolute atomic E-state index is 4.82. The predicted molar refractivity (Wildman–Crippen MR) is 102 cm³/mol. The number of hydrogen-bond donors (Lipinski definition) is 0. The van der Waals surface area contributed by atoms with Gasteiger partial charge in [-0.3, -0.25) is 0 Å². The van der Waals surface area contributed by atoms with Gasteiger partial charge in [-0.15, -0.1) is 0 Å². The van der Waals surface area contributed by atoms with Crippen LogP contribution in [0.25, 0.3) is 10.8 Å². The van der Waals surface area contributed by atoms with Crippen molar-refractivity contribution in [2.45, 2.75) is 19.3 Å². The van der Waals surface area contributed by atoms with E-state index in [1.54, 1.807) is 0 Å². The van der Waals surface area contributed by atoms with Crippen molar-refractivity contribution >= 4 is 22.7 Å². The molecule has 0 radical (unpaired) electrons. The van der Waals surface area contributed by atoms with Crippen LogP contribution in [0.4, 0.5) is 0 Å². The fourth-order valence-electron chi connectivity index (χ4n) is 3.88. The second-order valence-corrected chi connectivity index (χ2v) is 6.93. The summed E-state index contributed by atoms with van der Waals surface area (Å²) in [5.74, 6) is 0. The molecule has 1 unspecified atom stereocenters. The topological polar surface area (TPSA) is 14.1 Å². The molecule has 1 aliphatic heterocycles. The first-order chi connectivity index (χ1) is 11.7. The van der Waals surface area contributed by atoms with Crippen LogP contribution in [0.15, 0.2) is 72.3 Å². The molecule has 5 rings (SSSR count). The first-order valence-corrected chi connectivity index (χ1v) is 8.41. The molecular formula is C23H18N+. The third kappa shape index (κ3) is 1.73. The minimum Gasteiger partial charge on any atom is -0.0906 e. The lowest BCUT2D eigenvalue weighted by atomic mass is 9.85. The van der Waals surface area contributed by atoms with E-state index in [9.17, 15) is 0 Å². The van der Waals surface area contributed by atoms with Gasteiger partial charge in [0.15, 0.2) is 0 Å². The van der Waals surface area contributed by atoms with E-state index in [-0.39, 0.29) is 5.41 Å². The van der Waals surface area contributed by atoms with Gasteiger partial charge in [0, 0.05) is 5.41 Å². The molecule has 0 amide bonds. The second-order valence-electron chi connectivity index (χ2n) is 6.93. The smallest absolute Gasteiger partial charge is 0.0906 e. The Kier molecular flexibility index (Phi) is 2.58. The summed E-state index contributed by atoms with van der Waals surface area (Å²) in [4.78, 5) is 0. The molecular weight excluding hydrogens is 290 g/mol. The molecule has 1 heteroatoms. The monoisotopic (exact) mass is 308 g/mol. The first kappa shape index (κ1) is 13.5. The molecule has 0 N–H and O–H groups in total. The van der Waals surface area contributed by atoms with E-state index in [4.69, 9.17) is 4.67 Å². The zero-order valence-electron chi connectivity index (χ0n) is 13.9. The minimum absolute atomic E-state index is 0.0959. The van der Waals surface area contributed by atoms with Gasteiger partial charge in [-0.05, 0) is 42.3 Å². The van der Waals surface area contributed by atoms with Crippen molar-refractivity contribution in [1.29, 1.82) is 0 Å². The second kappa shape index (κ2) is 4.56. The van der Waals surface area contributed by atoms with Crippen LogP contribution in [-0.2, 0) is 5.41 Å². The average molecular weight is 308 g/mol. The fourth-order valence-corrected chi connectivity index (χ4v) is 3.88. The molecule has 0 saturated heterocycles. The third-order valence-corrected chi connectivity index (χ3v) is 5.53. The average Bonchev–Trinajstić information content (AvgIpc) is 3.05. The number of rotatable bonds is 2. The number of fused-ring (bicyclic) bond motifs is 3. The Balaban J connectivity index is 1.71.